The molecule has 2 heterocycles. The van der Waals surface area contributed by atoms with Crippen molar-refractivity contribution in [2.24, 2.45) is 5.92 Å². The number of ether oxygens (including phenoxy) is 1. The smallest absolute Gasteiger partial charge is 0.169 e. The lowest BCUT2D eigenvalue weighted by Gasteiger charge is -2.15. The van der Waals surface area contributed by atoms with Crippen LogP contribution in [0.25, 0.3) is 0 Å². The number of hydrogen-bond acceptors (Lipinski definition) is 3. The third kappa shape index (κ3) is 0.686. The molecule has 2 aliphatic heterocycles. The van der Waals surface area contributed by atoms with Gasteiger partial charge < -0.3 is 10.1 Å². The van der Waals surface area contributed by atoms with E-state index in [0.717, 1.165) is 13.1 Å². The second kappa shape index (κ2) is 1.78. The Morgan fingerprint density at radius 3 is 3.11 bits per heavy atom. The second-order valence-corrected chi connectivity index (χ2v) is 2.58. The van der Waals surface area contributed by atoms with Crippen LogP contribution in [0.4, 0.5) is 0 Å². The molecular weight excluding hydrogens is 118 g/mol. The van der Waals surface area contributed by atoms with Crippen molar-refractivity contribution in [3.05, 3.63) is 0 Å². The Balaban J connectivity index is 2.19. The van der Waals surface area contributed by atoms with Gasteiger partial charge in [0, 0.05) is 13.1 Å². The van der Waals surface area contributed by atoms with Crippen LogP contribution in [0.15, 0.2) is 0 Å². The van der Waals surface area contributed by atoms with Gasteiger partial charge in [-0.25, -0.2) is 0 Å². The van der Waals surface area contributed by atoms with E-state index in [1.54, 1.807) is 0 Å². The van der Waals surface area contributed by atoms with E-state index < -0.39 is 0 Å². The summed E-state index contributed by atoms with van der Waals surface area (Å²) in [6, 6.07) is 0. The molecule has 3 heteroatoms. The third-order valence-electron chi connectivity index (χ3n) is 1.94. The molecule has 0 aromatic rings. The van der Waals surface area contributed by atoms with E-state index in [1.807, 2.05) is 0 Å². The molecule has 50 valence electrons. The van der Waals surface area contributed by atoms with Crippen LogP contribution in [0.3, 0.4) is 0 Å². The highest BCUT2D eigenvalue weighted by Gasteiger charge is 2.37. The molecule has 0 aliphatic carbocycles. The molecule has 3 nitrogen and oxygen atoms in total. The summed E-state index contributed by atoms with van der Waals surface area (Å²) in [7, 11) is 0. The Labute approximate surface area is 53.4 Å². The average molecular weight is 127 g/mol. The van der Waals surface area contributed by atoms with E-state index in [1.165, 1.54) is 0 Å². The summed E-state index contributed by atoms with van der Waals surface area (Å²) in [6.07, 6.45) is -0.122. The van der Waals surface area contributed by atoms with E-state index in [9.17, 15) is 4.79 Å². The molecule has 2 fully saturated rings. The van der Waals surface area contributed by atoms with Crippen LogP contribution in [-0.2, 0) is 9.53 Å². The van der Waals surface area contributed by atoms with E-state index >= 15 is 0 Å². The van der Waals surface area contributed by atoms with Crippen molar-refractivity contribution in [1.29, 1.82) is 0 Å². The number of nitrogens with one attached hydrogen (secondary N) is 1. The van der Waals surface area contributed by atoms with Gasteiger partial charge in [-0.15, -0.1) is 0 Å². The van der Waals surface area contributed by atoms with Gasteiger partial charge in [0.2, 0.25) is 0 Å². The van der Waals surface area contributed by atoms with Crippen molar-refractivity contribution in [2.45, 2.75) is 6.10 Å². The summed E-state index contributed by atoms with van der Waals surface area (Å²) < 4.78 is 5.18. The fraction of sp³-hybridized carbons (Fsp3) is 0.833. The zero-order chi connectivity index (χ0) is 6.27. The number of piperidine rings is 1. The quantitative estimate of drug-likeness (QED) is 0.461. The first-order valence-electron chi connectivity index (χ1n) is 3.24. The van der Waals surface area contributed by atoms with Gasteiger partial charge in [-0.3, -0.25) is 4.79 Å². The number of fused-ring (bicyclic) bond motifs is 2. The topological polar surface area (TPSA) is 38.3 Å². The Morgan fingerprint density at radius 2 is 2.44 bits per heavy atom. The van der Waals surface area contributed by atoms with Gasteiger partial charge in [0.15, 0.2) is 5.78 Å². The predicted octanol–water partition coefficient (Wildman–Crippen LogP) is -0.826. The number of hydrogen-bond donors (Lipinski definition) is 1. The number of carbonyl (C=O) groups is 1. The van der Waals surface area contributed by atoms with Crippen molar-refractivity contribution in [2.75, 3.05) is 19.7 Å². The van der Waals surface area contributed by atoms with Crippen LogP contribution < -0.4 is 5.32 Å². The third-order valence-corrected chi connectivity index (χ3v) is 1.94. The summed E-state index contributed by atoms with van der Waals surface area (Å²) in [4.78, 5) is 11.0. The average Bonchev–Trinajstić information content (AvgIpc) is 2.19. The van der Waals surface area contributed by atoms with Crippen LogP contribution in [-0.4, -0.2) is 31.6 Å². The first-order valence-corrected chi connectivity index (χ1v) is 3.24. The van der Waals surface area contributed by atoms with Crippen LogP contribution in [0.5, 0.6) is 0 Å². The lowest BCUT2D eigenvalue weighted by molar-refractivity contribution is -0.125. The van der Waals surface area contributed by atoms with Crippen molar-refractivity contribution in [1.82, 2.24) is 5.32 Å². The summed E-state index contributed by atoms with van der Waals surface area (Å²) in [5, 5.41) is 3.13. The molecule has 2 unspecified atom stereocenters. The second-order valence-electron chi connectivity index (χ2n) is 2.58. The first kappa shape index (κ1) is 5.38. The molecule has 0 spiro atoms. The Bertz CT molecular complexity index is 128. The van der Waals surface area contributed by atoms with Gasteiger partial charge in [0.05, 0.1) is 12.5 Å². The highest BCUT2D eigenvalue weighted by molar-refractivity contribution is 5.88. The largest absolute Gasteiger partial charge is 0.368 e. The monoisotopic (exact) mass is 127 g/mol. The maximum atomic E-state index is 11.0. The maximum Gasteiger partial charge on any atom is 0.169 e. The molecule has 2 aliphatic rings. The fourth-order valence-corrected chi connectivity index (χ4v) is 1.37. The molecule has 1 N–H and O–H groups in total. The van der Waals surface area contributed by atoms with Gasteiger partial charge in [-0.2, -0.15) is 0 Å². The summed E-state index contributed by atoms with van der Waals surface area (Å²) in [6.45, 7) is 2.17. The molecule has 2 rings (SSSR count). The predicted molar refractivity (Wildman–Crippen MR) is 31.1 cm³/mol. The van der Waals surface area contributed by atoms with Crippen LogP contribution in [0, 0.1) is 5.92 Å². The summed E-state index contributed by atoms with van der Waals surface area (Å²) in [5.74, 6) is 0.456. The molecule has 0 aromatic heterocycles. The number of carbonyl (C=O) groups excluding carboxylic acids is 1. The van der Waals surface area contributed by atoms with Crippen LogP contribution >= 0.6 is 0 Å². The summed E-state index contributed by atoms with van der Waals surface area (Å²) in [5.41, 5.74) is 0. The van der Waals surface area contributed by atoms with Crippen molar-refractivity contribution in [3.63, 3.8) is 0 Å². The van der Waals surface area contributed by atoms with Crippen molar-refractivity contribution in [3.8, 4) is 0 Å². The molecule has 0 aromatic carbocycles. The van der Waals surface area contributed by atoms with E-state index in [4.69, 9.17) is 4.74 Å². The van der Waals surface area contributed by atoms with E-state index in [0.29, 0.717) is 12.4 Å². The zero-order valence-corrected chi connectivity index (χ0v) is 5.09. The minimum Gasteiger partial charge on any atom is -0.368 e. The number of ketones is 1. The normalized spacial score (nSPS) is 41.6. The Hall–Kier alpha value is -0.410. The molecule has 2 bridgehead atoms. The van der Waals surface area contributed by atoms with Gasteiger partial charge in [-0.1, -0.05) is 0 Å². The molecule has 2 saturated heterocycles. The minimum atomic E-state index is -0.122. The van der Waals surface area contributed by atoms with Gasteiger partial charge in [0.1, 0.15) is 6.10 Å². The van der Waals surface area contributed by atoms with Gasteiger partial charge in [-0.05, 0) is 0 Å². The lowest BCUT2D eigenvalue weighted by atomic mass is 10.0. The van der Waals surface area contributed by atoms with Crippen LogP contribution in [0.2, 0.25) is 0 Å². The van der Waals surface area contributed by atoms with Gasteiger partial charge >= 0.3 is 0 Å². The minimum absolute atomic E-state index is 0.122. The fourth-order valence-electron chi connectivity index (χ4n) is 1.37. The Morgan fingerprint density at radius 1 is 1.56 bits per heavy atom. The molecule has 9 heavy (non-hydrogen) atoms. The van der Waals surface area contributed by atoms with Gasteiger partial charge in [0.25, 0.3) is 0 Å². The van der Waals surface area contributed by atoms with Crippen molar-refractivity contribution >= 4 is 5.78 Å². The van der Waals surface area contributed by atoms with E-state index in [-0.39, 0.29) is 12.0 Å². The molecule has 0 radical (unpaired) electrons. The number of rotatable bonds is 0. The highest BCUT2D eigenvalue weighted by Crippen LogP contribution is 2.17. The van der Waals surface area contributed by atoms with Crippen LogP contribution in [0.1, 0.15) is 0 Å². The summed E-state index contributed by atoms with van der Waals surface area (Å²) >= 11 is 0. The molecule has 0 amide bonds. The number of Topliss-reactive ketones (excluding diaryl/α,β-unsaturated/α-hetero) is 1. The maximum absolute atomic E-state index is 11.0. The Kier molecular flexibility index (Phi) is 1.07. The highest BCUT2D eigenvalue weighted by atomic mass is 16.5. The first-order chi connectivity index (χ1) is 4.38. The molecular formula is C6H9NO2. The molecule has 2 atom stereocenters. The SMILES string of the molecule is O=C1C2CNCC1OC2. The lowest BCUT2D eigenvalue weighted by Crippen LogP contribution is -2.42. The zero-order valence-electron chi connectivity index (χ0n) is 5.09. The van der Waals surface area contributed by atoms with Crippen molar-refractivity contribution < 1.29 is 9.53 Å². The standard InChI is InChI=1S/C6H9NO2/c8-6-4-1-7-2-5(6)9-3-4/h4-5,7H,1-3H2. The van der Waals surface area contributed by atoms with E-state index in [2.05, 4.69) is 5.32 Å². The molecule has 0 saturated carbocycles.